The van der Waals surface area contributed by atoms with E-state index >= 15 is 0 Å². The van der Waals surface area contributed by atoms with Gasteiger partial charge in [0.05, 0.1) is 22.4 Å². The summed E-state index contributed by atoms with van der Waals surface area (Å²) in [5.74, 6) is 1.24. The minimum absolute atomic E-state index is 0.117. The van der Waals surface area contributed by atoms with Crippen LogP contribution in [0.2, 0.25) is 0 Å². The highest BCUT2D eigenvalue weighted by atomic mass is 32.2. The number of hydrogen-bond donors (Lipinski definition) is 0. The van der Waals surface area contributed by atoms with Crippen molar-refractivity contribution in [1.82, 2.24) is 19.9 Å². The molecule has 0 bridgehead atoms. The molecule has 3 heterocycles. The van der Waals surface area contributed by atoms with Gasteiger partial charge < -0.3 is 0 Å². The van der Waals surface area contributed by atoms with E-state index in [0.717, 1.165) is 33.6 Å². The Morgan fingerprint density at radius 2 is 1.02 bits per heavy atom. The smallest absolute Gasteiger partial charge is 0.163 e. The minimum atomic E-state index is -0.640. The van der Waals surface area contributed by atoms with Crippen LogP contribution in [0.1, 0.15) is 58.4 Å². The average Bonchev–Trinajstić information content (AvgIpc) is 3.44. The normalized spacial score (nSPS) is 16.1. The lowest BCUT2D eigenvalue weighted by atomic mass is 9.62. The van der Waals surface area contributed by atoms with Gasteiger partial charge in [-0.2, -0.15) is 0 Å². The maximum absolute atomic E-state index is 5.32. The van der Waals surface area contributed by atoms with Gasteiger partial charge in [0, 0.05) is 44.3 Å². The first-order chi connectivity index (χ1) is 30.0. The van der Waals surface area contributed by atoms with Crippen molar-refractivity contribution in [2.24, 2.45) is 0 Å². The van der Waals surface area contributed by atoms with Crippen LogP contribution in [0.25, 0.3) is 68.6 Å². The van der Waals surface area contributed by atoms with E-state index in [2.05, 4.69) is 159 Å². The molecule has 1 aliphatic heterocycles. The first-order valence-electron chi connectivity index (χ1n) is 20.8. The van der Waals surface area contributed by atoms with Crippen molar-refractivity contribution in [3.8, 4) is 56.4 Å². The Morgan fingerprint density at radius 3 is 1.79 bits per heavy atom. The van der Waals surface area contributed by atoms with Gasteiger partial charge in [-0.3, -0.25) is 0 Å². The van der Waals surface area contributed by atoms with Gasteiger partial charge >= 0.3 is 0 Å². The maximum atomic E-state index is 5.32. The van der Waals surface area contributed by atoms with Crippen molar-refractivity contribution in [1.29, 1.82) is 0 Å². The van der Waals surface area contributed by atoms with E-state index in [1.807, 2.05) is 60.6 Å². The second-order valence-corrected chi connectivity index (χ2v) is 17.7. The Balaban J connectivity index is 1.12. The van der Waals surface area contributed by atoms with Crippen LogP contribution in [0.15, 0.2) is 192 Å². The highest BCUT2D eigenvalue weighted by Gasteiger charge is 2.49. The van der Waals surface area contributed by atoms with E-state index in [0.29, 0.717) is 11.6 Å². The maximum Gasteiger partial charge on any atom is 0.163 e. The van der Waals surface area contributed by atoms with Gasteiger partial charge in [0.1, 0.15) is 0 Å². The number of benzene rings is 7. The molecule has 5 heteroatoms. The lowest BCUT2D eigenvalue weighted by Gasteiger charge is -2.43. The Bertz CT molecular complexity index is 3250. The quantitative estimate of drug-likeness (QED) is 0.177. The summed E-state index contributed by atoms with van der Waals surface area (Å²) in [6.07, 6.45) is 8.27. The zero-order chi connectivity index (χ0) is 40.7. The summed E-state index contributed by atoms with van der Waals surface area (Å²) in [6.45, 7) is 4.74. The van der Waals surface area contributed by atoms with E-state index in [9.17, 15) is 0 Å². The van der Waals surface area contributed by atoms with Gasteiger partial charge in [0.25, 0.3) is 0 Å². The average molecular weight is 799 g/mol. The molecule has 3 aliphatic rings. The third-order valence-electron chi connectivity index (χ3n) is 12.9. The van der Waals surface area contributed by atoms with E-state index < -0.39 is 5.41 Å². The molecule has 288 valence electrons. The van der Waals surface area contributed by atoms with Crippen LogP contribution >= 0.6 is 11.8 Å². The molecule has 0 N–H and O–H groups in total. The van der Waals surface area contributed by atoms with Gasteiger partial charge in [-0.1, -0.05) is 177 Å². The van der Waals surface area contributed by atoms with Crippen molar-refractivity contribution in [2.75, 3.05) is 0 Å². The lowest BCUT2D eigenvalue weighted by Crippen LogP contribution is -2.35. The fourth-order valence-electron chi connectivity index (χ4n) is 9.97. The second-order valence-electron chi connectivity index (χ2n) is 16.6. The van der Waals surface area contributed by atoms with Crippen LogP contribution in [0.4, 0.5) is 0 Å². The zero-order valence-electron chi connectivity index (χ0n) is 33.7. The molecule has 0 radical (unpaired) electrons. The van der Waals surface area contributed by atoms with Crippen molar-refractivity contribution >= 4 is 23.9 Å². The molecule has 4 nitrogen and oxygen atoms in total. The van der Waals surface area contributed by atoms with Gasteiger partial charge in [0.15, 0.2) is 11.6 Å². The predicted octanol–water partition coefficient (Wildman–Crippen LogP) is 13.6. The van der Waals surface area contributed by atoms with Crippen LogP contribution in [0.5, 0.6) is 0 Å². The fraction of sp³-hybridized carbons (Fsp3) is 0.0714. The number of nitrogens with zero attached hydrogens (tertiary/aromatic N) is 4. The van der Waals surface area contributed by atoms with Crippen molar-refractivity contribution < 1.29 is 0 Å². The fourth-order valence-corrected chi connectivity index (χ4v) is 11.2. The Kier molecular flexibility index (Phi) is 8.00. The predicted molar refractivity (Wildman–Crippen MR) is 248 cm³/mol. The molecular weight excluding hydrogens is 761 g/mol. The van der Waals surface area contributed by atoms with Gasteiger partial charge in [0.2, 0.25) is 0 Å². The number of rotatable bonds is 4. The number of fused-ring (bicyclic) bond motifs is 11. The molecule has 1 spiro atoms. The molecule has 9 aromatic rings. The summed E-state index contributed by atoms with van der Waals surface area (Å²) in [5.41, 5.74) is 17.5. The summed E-state index contributed by atoms with van der Waals surface area (Å²) in [5, 5.41) is 0. The van der Waals surface area contributed by atoms with Crippen LogP contribution in [-0.4, -0.2) is 19.9 Å². The topological polar surface area (TPSA) is 51.6 Å². The van der Waals surface area contributed by atoms with E-state index in [4.69, 9.17) is 19.9 Å². The van der Waals surface area contributed by atoms with Crippen molar-refractivity contribution in [3.05, 3.63) is 227 Å². The van der Waals surface area contributed by atoms with Gasteiger partial charge in [-0.05, 0) is 86.0 Å². The Morgan fingerprint density at radius 1 is 0.393 bits per heavy atom. The van der Waals surface area contributed by atoms with Gasteiger partial charge in [-0.15, -0.1) is 0 Å². The molecule has 2 aliphatic carbocycles. The minimum Gasteiger partial charge on any atom is -0.236 e. The molecule has 7 aromatic carbocycles. The zero-order valence-corrected chi connectivity index (χ0v) is 34.5. The van der Waals surface area contributed by atoms with Crippen LogP contribution in [-0.2, 0) is 10.8 Å². The first-order valence-corrected chi connectivity index (χ1v) is 21.6. The Hall–Kier alpha value is -7.21. The largest absolute Gasteiger partial charge is 0.236 e. The molecule has 2 aromatic heterocycles. The van der Waals surface area contributed by atoms with Gasteiger partial charge in [-0.25, -0.2) is 19.9 Å². The third kappa shape index (κ3) is 5.47. The summed E-state index contributed by atoms with van der Waals surface area (Å²) < 4.78 is 0. The van der Waals surface area contributed by atoms with Crippen LogP contribution < -0.4 is 0 Å². The number of hydrogen-bond acceptors (Lipinski definition) is 5. The summed E-state index contributed by atoms with van der Waals surface area (Å²) >= 11 is 1.90. The number of aromatic nitrogens is 4. The van der Waals surface area contributed by atoms with Crippen molar-refractivity contribution in [2.45, 2.75) is 34.5 Å². The molecule has 1 atom stereocenters. The lowest BCUT2D eigenvalue weighted by molar-refractivity contribution is 0.653. The van der Waals surface area contributed by atoms with Crippen LogP contribution in [0, 0.1) is 0 Å². The SMILES string of the molecule is CC1(C)c2ccccc2-c2cc3c(cc21)Sc1ccccc1C31c2ccccc2C=Cc2ccc(-c3cc(-c4ccccc4)nc(-c4cnc(-c5ccccc5)nc4)n3)cc21. The monoisotopic (exact) mass is 798 g/mol. The summed E-state index contributed by atoms with van der Waals surface area (Å²) in [6, 6.07) is 61.4. The molecule has 61 heavy (non-hydrogen) atoms. The standard InChI is InChI=1S/C56H38N4S/c1-55(2)44-22-12-10-20-41(44)42-30-48-52(31-47(42)55)61-51-24-14-13-23-45(51)56(48)43-21-11-9-15-35(43)25-26-36-27-28-39(29-46(36)56)50-32-49(37-16-5-3-6-17-37)59-54(60-50)40-33-57-53(58-34-40)38-18-7-4-8-19-38/h3-34H,1-2H3. The highest BCUT2D eigenvalue weighted by Crippen LogP contribution is 2.61. The Labute approximate surface area is 359 Å². The molecule has 0 saturated heterocycles. The molecule has 1 unspecified atom stereocenters. The summed E-state index contributed by atoms with van der Waals surface area (Å²) in [4.78, 5) is 22.5. The van der Waals surface area contributed by atoms with E-state index in [1.165, 1.54) is 65.4 Å². The molecular formula is C56H38N4S. The molecule has 0 fully saturated rings. The summed E-state index contributed by atoms with van der Waals surface area (Å²) in [7, 11) is 0. The van der Waals surface area contributed by atoms with Crippen molar-refractivity contribution in [3.63, 3.8) is 0 Å². The molecule has 0 amide bonds. The van der Waals surface area contributed by atoms with E-state index in [1.54, 1.807) is 0 Å². The first kappa shape index (κ1) is 35.7. The van der Waals surface area contributed by atoms with E-state index in [-0.39, 0.29) is 5.41 Å². The molecule has 0 saturated carbocycles. The second kappa shape index (κ2) is 13.7. The highest BCUT2D eigenvalue weighted by molar-refractivity contribution is 7.99. The third-order valence-corrected chi connectivity index (χ3v) is 14.0. The molecule has 12 rings (SSSR count). The van der Waals surface area contributed by atoms with Crippen LogP contribution in [0.3, 0.4) is 0 Å².